The molecule has 138 valence electrons. The van der Waals surface area contributed by atoms with E-state index in [2.05, 4.69) is 20.8 Å². The van der Waals surface area contributed by atoms with Crippen molar-refractivity contribution in [3.05, 3.63) is 72.0 Å². The summed E-state index contributed by atoms with van der Waals surface area (Å²) >= 11 is 0. The number of oxazole rings is 1. The van der Waals surface area contributed by atoms with E-state index in [1.807, 2.05) is 0 Å². The molecular formula is C18H14F2N4O3. The molecule has 27 heavy (non-hydrogen) atoms. The second-order valence-corrected chi connectivity index (χ2v) is 5.49. The van der Waals surface area contributed by atoms with Crippen molar-refractivity contribution in [3.8, 4) is 11.3 Å². The number of hydrogen-bond donors (Lipinski definition) is 2. The first kappa shape index (κ1) is 18.2. The molecule has 0 unspecified atom stereocenters. The summed E-state index contributed by atoms with van der Waals surface area (Å²) in [5.41, 5.74) is 4.91. The lowest BCUT2D eigenvalue weighted by Crippen LogP contribution is -2.41. The summed E-state index contributed by atoms with van der Waals surface area (Å²) in [6.07, 6.45) is 4.31. The van der Waals surface area contributed by atoms with Crippen LogP contribution >= 0.6 is 0 Å². The van der Waals surface area contributed by atoms with Crippen LogP contribution < -0.4 is 10.9 Å². The molecule has 0 aliphatic carbocycles. The first-order chi connectivity index (χ1) is 13.0. The Morgan fingerprint density at radius 3 is 2.70 bits per heavy atom. The lowest BCUT2D eigenvalue weighted by molar-refractivity contribution is -0.121. The zero-order valence-electron chi connectivity index (χ0n) is 13.9. The predicted molar refractivity (Wildman–Crippen MR) is 90.0 cm³/mol. The Morgan fingerprint density at radius 1 is 1.11 bits per heavy atom. The standard InChI is InChI=1S/C18H14F2N4O3/c19-12-3-4-13(14(20)8-12)15-10-22-17(27-15)6-5-16(25)23-24-18(26)11-2-1-7-21-9-11/h1-4,7-10H,5-6H2,(H,23,25)(H,24,26). The van der Waals surface area contributed by atoms with Gasteiger partial charge in [0.15, 0.2) is 11.7 Å². The summed E-state index contributed by atoms with van der Waals surface area (Å²) in [5.74, 6) is -2.08. The SMILES string of the molecule is O=C(CCc1ncc(-c2ccc(F)cc2F)o1)NNC(=O)c1cccnc1. The maximum atomic E-state index is 13.7. The molecule has 3 aromatic rings. The van der Waals surface area contributed by atoms with Crippen molar-refractivity contribution in [1.29, 1.82) is 0 Å². The number of nitrogens with zero attached hydrogens (tertiary/aromatic N) is 2. The van der Waals surface area contributed by atoms with Crippen LogP contribution in [0.4, 0.5) is 8.78 Å². The van der Waals surface area contributed by atoms with Gasteiger partial charge in [-0.15, -0.1) is 0 Å². The maximum absolute atomic E-state index is 13.7. The number of pyridine rings is 1. The van der Waals surface area contributed by atoms with Gasteiger partial charge in [-0.1, -0.05) is 0 Å². The molecule has 7 nitrogen and oxygen atoms in total. The van der Waals surface area contributed by atoms with Crippen LogP contribution in [0.25, 0.3) is 11.3 Å². The number of hydrogen-bond acceptors (Lipinski definition) is 5. The monoisotopic (exact) mass is 372 g/mol. The number of carbonyl (C=O) groups excluding carboxylic acids is 2. The lowest BCUT2D eigenvalue weighted by atomic mass is 10.2. The van der Waals surface area contributed by atoms with Crippen molar-refractivity contribution >= 4 is 11.8 Å². The highest BCUT2D eigenvalue weighted by Gasteiger charge is 2.13. The zero-order chi connectivity index (χ0) is 19.2. The van der Waals surface area contributed by atoms with Gasteiger partial charge in [0.05, 0.1) is 17.3 Å². The normalized spacial score (nSPS) is 10.4. The molecule has 0 spiro atoms. The second kappa shape index (κ2) is 8.17. The van der Waals surface area contributed by atoms with Gasteiger partial charge in [-0.3, -0.25) is 25.4 Å². The van der Waals surface area contributed by atoms with E-state index in [1.54, 1.807) is 12.1 Å². The Balaban J connectivity index is 1.51. The molecule has 0 saturated carbocycles. The van der Waals surface area contributed by atoms with Gasteiger partial charge >= 0.3 is 0 Å². The van der Waals surface area contributed by atoms with Gasteiger partial charge < -0.3 is 4.42 Å². The number of aryl methyl sites for hydroxylation is 1. The summed E-state index contributed by atoms with van der Waals surface area (Å²) < 4.78 is 32.1. The first-order valence-corrected chi connectivity index (χ1v) is 7.92. The average Bonchev–Trinajstić information content (AvgIpc) is 3.14. The van der Waals surface area contributed by atoms with Gasteiger partial charge in [-0.05, 0) is 24.3 Å². The molecule has 3 rings (SSSR count). The van der Waals surface area contributed by atoms with Crippen LogP contribution in [-0.2, 0) is 11.2 Å². The van der Waals surface area contributed by atoms with Crippen molar-refractivity contribution in [2.75, 3.05) is 0 Å². The van der Waals surface area contributed by atoms with Crippen molar-refractivity contribution in [2.24, 2.45) is 0 Å². The van der Waals surface area contributed by atoms with E-state index in [1.165, 1.54) is 24.7 Å². The number of nitrogens with one attached hydrogen (secondary N) is 2. The van der Waals surface area contributed by atoms with Crippen LogP contribution in [0, 0.1) is 11.6 Å². The van der Waals surface area contributed by atoms with Gasteiger partial charge in [-0.25, -0.2) is 13.8 Å². The minimum absolute atomic E-state index is 0.0147. The average molecular weight is 372 g/mol. The van der Waals surface area contributed by atoms with Crippen LogP contribution in [0.5, 0.6) is 0 Å². The molecule has 0 radical (unpaired) electrons. The molecule has 0 atom stereocenters. The fourth-order valence-corrected chi connectivity index (χ4v) is 2.22. The minimum Gasteiger partial charge on any atom is -0.441 e. The summed E-state index contributed by atoms with van der Waals surface area (Å²) in [7, 11) is 0. The Labute approximate surface area is 152 Å². The number of benzene rings is 1. The summed E-state index contributed by atoms with van der Waals surface area (Å²) in [4.78, 5) is 31.4. The van der Waals surface area contributed by atoms with Gasteiger partial charge in [0.1, 0.15) is 11.6 Å². The third-order valence-corrected chi connectivity index (χ3v) is 3.56. The molecule has 9 heteroatoms. The van der Waals surface area contributed by atoms with Gasteiger partial charge in [-0.2, -0.15) is 0 Å². The molecule has 2 N–H and O–H groups in total. The Morgan fingerprint density at radius 2 is 1.96 bits per heavy atom. The van der Waals surface area contributed by atoms with Crippen molar-refractivity contribution in [2.45, 2.75) is 12.8 Å². The van der Waals surface area contributed by atoms with E-state index in [0.717, 1.165) is 12.1 Å². The molecule has 2 amide bonds. The van der Waals surface area contributed by atoms with Crippen LogP contribution in [0.1, 0.15) is 22.7 Å². The van der Waals surface area contributed by atoms with E-state index in [4.69, 9.17) is 4.42 Å². The number of carbonyl (C=O) groups is 2. The van der Waals surface area contributed by atoms with Gasteiger partial charge in [0.2, 0.25) is 5.91 Å². The molecule has 0 fully saturated rings. The quantitative estimate of drug-likeness (QED) is 0.671. The molecule has 2 aromatic heterocycles. The summed E-state index contributed by atoms with van der Waals surface area (Å²) in [5, 5.41) is 0. The molecular weight excluding hydrogens is 358 g/mol. The number of rotatable bonds is 5. The number of amides is 2. The fraction of sp³-hybridized carbons (Fsp3) is 0.111. The molecule has 0 saturated heterocycles. The van der Waals surface area contributed by atoms with E-state index in [9.17, 15) is 18.4 Å². The van der Waals surface area contributed by atoms with E-state index >= 15 is 0 Å². The highest BCUT2D eigenvalue weighted by Crippen LogP contribution is 2.24. The minimum atomic E-state index is -0.770. The van der Waals surface area contributed by atoms with Crippen molar-refractivity contribution in [3.63, 3.8) is 0 Å². The van der Waals surface area contributed by atoms with E-state index in [-0.39, 0.29) is 30.1 Å². The highest BCUT2D eigenvalue weighted by molar-refractivity contribution is 5.95. The topological polar surface area (TPSA) is 97.1 Å². The Bertz CT molecular complexity index is 960. The largest absolute Gasteiger partial charge is 0.441 e. The Kier molecular flexibility index (Phi) is 5.50. The number of halogens is 2. The second-order valence-electron chi connectivity index (χ2n) is 5.49. The maximum Gasteiger partial charge on any atom is 0.271 e. The number of aromatic nitrogens is 2. The summed E-state index contributed by atoms with van der Waals surface area (Å²) in [6.45, 7) is 0. The molecule has 0 aliphatic heterocycles. The number of hydrazine groups is 1. The zero-order valence-corrected chi connectivity index (χ0v) is 13.9. The lowest BCUT2D eigenvalue weighted by Gasteiger charge is -2.06. The van der Waals surface area contributed by atoms with Gasteiger partial charge in [0.25, 0.3) is 5.91 Å². The van der Waals surface area contributed by atoms with Crippen molar-refractivity contribution in [1.82, 2.24) is 20.8 Å². The van der Waals surface area contributed by atoms with Crippen LogP contribution in [0.2, 0.25) is 0 Å². The highest BCUT2D eigenvalue weighted by atomic mass is 19.1. The smallest absolute Gasteiger partial charge is 0.271 e. The molecule has 0 aliphatic rings. The molecule has 1 aromatic carbocycles. The first-order valence-electron chi connectivity index (χ1n) is 7.92. The summed E-state index contributed by atoms with van der Waals surface area (Å²) in [6, 6.07) is 6.25. The fourth-order valence-electron chi connectivity index (χ4n) is 2.22. The van der Waals surface area contributed by atoms with Gasteiger partial charge in [0, 0.05) is 31.3 Å². The molecule has 2 heterocycles. The van der Waals surface area contributed by atoms with Crippen LogP contribution in [0.3, 0.4) is 0 Å². The van der Waals surface area contributed by atoms with Crippen LogP contribution in [0.15, 0.2) is 53.3 Å². The van der Waals surface area contributed by atoms with E-state index in [0.29, 0.717) is 5.56 Å². The molecule has 0 bridgehead atoms. The predicted octanol–water partition coefficient (Wildman–Crippen LogP) is 2.41. The van der Waals surface area contributed by atoms with E-state index < -0.39 is 23.4 Å². The third kappa shape index (κ3) is 4.72. The third-order valence-electron chi connectivity index (χ3n) is 3.56. The van der Waals surface area contributed by atoms with Crippen LogP contribution in [-0.4, -0.2) is 21.8 Å². The Hall–Kier alpha value is -3.62. The van der Waals surface area contributed by atoms with Crippen molar-refractivity contribution < 1.29 is 22.8 Å².